The predicted molar refractivity (Wildman–Crippen MR) is 56.9 cm³/mol. The third kappa shape index (κ3) is 1.80. The first-order valence-corrected chi connectivity index (χ1v) is 4.90. The minimum absolute atomic E-state index is 0.00542. The first kappa shape index (κ1) is 9.98. The summed E-state index contributed by atoms with van der Waals surface area (Å²) in [7, 11) is 1.56. The molecule has 0 aliphatic carbocycles. The summed E-state index contributed by atoms with van der Waals surface area (Å²) in [6, 6.07) is 7.36. The van der Waals surface area contributed by atoms with Gasteiger partial charge in [-0.15, -0.1) is 0 Å². The molecule has 0 saturated carbocycles. The van der Waals surface area contributed by atoms with Gasteiger partial charge in [-0.1, -0.05) is 12.1 Å². The second-order valence-corrected chi connectivity index (χ2v) is 3.67. The maximum Gasteiger partial charge on any atom is 0.257 e. The van der Waals surface area contributed by atoms with Crippen LogP contribution in [0, 0.1) is 0 Å². The first-order valence-electron chi connectivity index (χ1n) is 4.90. The summed E-state index contributed by atoms with van der Waals surface area (Å²) in [5.41, 5.74) is 6.23. The number of hydrogen-bond acceptors (Lipinski definition) is 3. The van der Waals surface area contributed by atoms with E-state index in [1.807, 2.05) is 12.1 Å². The zero-order valence-electron chi connectivity index (χ0n) is 8.64. The van der Waals surface area contributed by atoms with Gasteiger partial charge in [-0.3, -0.25) is 4.79 Å². The van der Waals surface area contributed by atoms with Crippen LogP contribution in [0.2, 0.25) is 0 Å². The van der Waals surface area contributed by atoms with E-state index >= 15 is 0 Å². The molecule has 0 spiro atoms. The van der Waals surface area contributed by atoms with E-state index in [0.29, 0.717) is 24.4 Å². The molecule has 1 saturated heterocycles. The van der Waals surface area contributed by atoms with Crippen LogP contribution in [0.4, 0.5) is 0 Å². The molecule has 1 aromatic carbocycles. The summed E-state index contributed by atoms with van der Waals surface area (Å²) >= 11 is 0. The lowest BCUT2D eigenvalue weighted by atomic mass is 10.1. The number of rotatable bonds is 2. The molecule has 0 atom stereocenters. The van der Waals surface area contributed by atoms with Gasteiger partial charge in [0.25, 0.3) is 5.91 Å². The number of carbonyl (C=O) groups excluding carboxylic acids is 1. The lowest BCUT2D eigenvalue weighted by molar-refractivity contribution is 0.0604. The van der Waals surface area contributed by atoms with Crippen molar-refractivity contribution in [3.8, 4) is 5.75 Å². The summed E-state index contributed by atoms with van der Waals surface area (Å²) in [6.07, 6.45) is 0. The summed E-state index contributed by atoms with van der Waals surface area (Å²) in [6.45, 7) is 1.27. The van der Waals surface area contributed by atoms with Crippen LogP contribution in [0.5, 0.6) is 5.75 Å². The van der Waals surface area contributed by atoms with Crippen molar-refractivity contribution >= 4 is 5.91 Å². The van der Waals surface area contributed by atoms with E-state index in [2.05, 4.69) is 0 Å². The van der Waals surface area contributed by atoms with Crippen molar-refractivity contribution in [2.24, 2.45) is 5.73 Å². The van der Waals surface area contributed by atoms with Crippen molar-refractivity contribution in [1.82, 2.24) is 4.90 Å². The zero-order valence-corrected chi connectivity index (χ0v) is 8.64. The van der Waals surface area contributed by atoms with Gasteiger partial charge < -0.3 is 15.4 Å². The molecule has 2 rings (SSSR count). The Morgan fingerprint density at radius 3 is 2.73 bits per heavy atom. The highest BCUT2D eigenvalue weighted by Gasteiger charge is 2.29. The van der Waals surface area contributed by atoms with E-state index in [-0.39, 0.29) is 11.9 Å². The van der Waals surface area contributed by atoms with Gasteiger partial charge in [0, 0.05) is 19.1 Å². The minimum Gasteiger partial charge on any atom is -0.496 e. The number of nitrogens with two attached hydrogens (primary N) is 1. The summed E-state index contributed by atoms with van der Waals surface area (Å²) < 4.78 is 5.13. The van der Waals surface area contributed by atoms with E-state index < -0.39 is 0 Å². The first-order chi connectivity index (χ1) is 7.22. The van der Waals surface area contributed by atoms with E-state index in [4.69, 9.17) is 10.5 Å². The lowest BCUT2D eigenvalue weighted by Crippen LogP contribution is -2.57. The zero-order chi connectivity index (χ0) is 10.8. The number of methoxy groups -OCH3 is 1. The van der Waals surface area contributed by atoms with Gasteiger partial charge >= 0.3 is 0 Å². The Morgan fingerprint density at radius 2 is 2.13 bits per heavy atom. The third-order valence-corrected chi connectivity index (χ3v) is 2.53. The Kier molecular flexibility index (Phi) is 2.60. The highest BCUT2D eigenvalue weighted by Crippen LogP contribution is 2.21. The Hall–Kier alpha value is -1.55. The lowest BCUT2D eigenvalue weighted by Gasteiger charge is -2.37. The summed E-state index contributed by atoms with van der Waals surface area (Å²) in [5.74, 6) is 0.608. The average molecular weight is 206 g/mol. The van der Waals surface area contributed by atoms with Gasteiger partial charge in [0.05, 0.1) is 12.7 Å². The number of amides is 1. The molecule has 1 heterocycles. The van der Waals surface area contributed by atoms with Crippen LogP contribution in [0.15, 0.2) is 24.3 Å². The third-order valence-electron chi connectivity index (χ3n) is 2.53. The van der Waals surface area contributed by atoms with Crippen LogP contribution in [0.3, 0.4) is 0 Å². The normalized spacial score (nSPS) is 16.0. The van der Waals surface area contributed by atoms with Crippen LogP contribution in [-0.4, -0.2) is 37.0 Å². The highest BCUT2D eigenvalue weighted by atomic mass is 16.5. The molecular formula is C11H14N2O2. The molecule has 4 nitrogen and oxygen atoms in total. The van der Waals surface area contributed by atoms with Gasteiger partial charge in [0.15, 0.2) is 0 Å². The molecular weight excluding hydrogens is 192 g/mol. The second kappa shape index (κ2) is 3.90. The van der Waals surface area contributed by atoms with Crippen LogP contribution in [0.25, 0.3) is 0 Å². The smallest absolute Gasteiger partial charge is 0.257 e. The number of nitrogens with zero attached hydrogens (tertiary/aromatic N) is 1. The maximum atomic E-state index is 11.9. The predicted octanol–water partition coefficient (Wildman–Crippen LogP) is 0.478. The molecule has 80 valence electrons. The van der Waals surface area contributed by atoms with Gasteiger partial charge in [-0.25, -0.2) is 0 Å². The molecule has 1 amide bonds. The van der Waals surface area contributed by atoms with Gasteiger partial charge in [-0.2, -0.15) is 0 Å². The fourth-order valence-corrected chi connectivity index (χ4v) is 1.67. The van der Waals surface area contributed by atoms with Crippen LogP contribution in [-0.2, 0) is 0 Å². The quantitative estimate of drug-likeness (QED) is 0.765. The average Bonchev–Trinajstić information content (AvgIpc) is 2.24. The molecule has 15 heavy (non-hydrogen) atoms. The topological polar surface area (TPSA) is 55.6 Å². The van der Waals surface area contributed by atoms with Gasteiger partial charge in [-0.05, 0) is 12.1 Å². The van der Waals surface area contributed by atoms with E-state index in [0.717, 1.165) is 0 Å². The molecule has 1 aromatic rings. The minimum atomic E-state index is -0.00542. The molecule has 0 bridgehead atoms. The Bertz CT molecular complexity index is 373. The number of ether oxygens (including phenoxy) is 1. The van der Waals surface area contributed by atoms with Crippen LogP contribution < -0.4 is 10.5 Å². The molecule has 0 radical (unpaired) electrons. The van der Waals surface area contributed by atoms with Crippen molar-refractivity contribution in [3.63, 3.8) is 0 Å². The van der Waals surface area contributed by atoms with Crippen molar-refractivity contribution in [3.05, 3.63) is 29.8 Å². The van der Waals surface area contributed by atoms with Crippen molar-refractivity contribution < 1.29 is 9.53 Å². The molecule has 2 N–H and O–H groups in total. The Morgan fingerprint density at radius 1 is 1.47 bits per heavy atom. The van der Waals surface area contributed by atoms with E-state index in [1.54, 1.807) is 24.1 Å². The summed E-state index contributed by atoms with van der Waals surface area (Å²) in [4.78, 5) is 13.7. The monoisotopic (exact) mass is 206 g/mol. The standard InChI is InChI=1S/C11H14N2O2/c1-15-10-5-3-2-4-9(10)11(14)13-6-8(12)7-13/h2-5,8H,6-7,12H2,1H3. The Balaban J connectivity index is 2.18. The number of hydrogen-bond donors (Lipinski definition) is 1. The largest absolute Gasteiger partial charge is 0.496 e. The molecule has 1 aliphatic heterocycles. The fraction of sp³-hybridized carbons (Fsp3) is 0.364. The summed E-state index contributed by atoms with van der Waals surface area (Å²) in [5, 5.41) is 0. The van der Waals surface area contributed by atoms with Crippen LogP contribution in [0.1, 0.15) is 10.4 Å². The maximum absolute atomic E-state index is 11.9. The van der Waals surface area contributed by atoms with Gasteiger partial charge in [0.2, 0.25) is 0 Å². The molecule has 0 aromatic heterocycles. The number of carbonyl (C=O) groups is 1. The Labute approximate surface area is 88.6 Å². The molecule has 0 unspecified atom stereocenters. The number of benzene rings is 1. The van der Waals surface area contributed by atoms with Gasteiger partial charge in [0.1, 0.15) is 5.75 Å². The van der Waals surface area contributed by atoms with Crippen molar-refractivity contribution in [2.45, 2.75) is 6.04 Å². The molecule has 1 aliphatic rings. The highest BCUT2D eigenvalue weighted by molar-refractivity contribution is 5.97. The molecule has 4 heteroatoms. The van der Waals surface area contributed by atoms with Crippen molar-refractivity contribution in [1.29, 1.82) is 0 Å². The van der Waals surface area contributed by atoms with E-state index in [1.165, 1.54) is 0 Å². The number of para-hydroxylation sites is 1. The molecule has 1 fully saturated rings. The fourth-order valence-electron chi connectivity index (χ4n) is 1.67. The van der Waals surface area contributed by atoms with E-state index in [9.17, 15) is 4.79 Å². The SMILES string of the molecule is COc1ccccc1C(=O)N1CC(N)C1. The van der Waals surface area contributed by atoms with Crippen LogP contribution >= 0.6 is 0 Å². The second-order valence-electron chi connectivity index (χ2n) is 3.67. The van der Waals surface area contributed by atoms with Crippen molar-refractivity contribution in [2.75, 3.05) is 20.2 Å². The number of likely N-dealkylation sites (tertiary alicyclic amines) is 1.